The molecule has 1 rings (SSSR count). The van der Waals surface area contributed by atoms with E-state index in [4.69, 9.17) is 4.74 Å². The van der Waals surface area contributed by atoms with Gasteiger partial charge in [-0.05, 0) is 32.1 Å². The molecule has 0 spiro atoms. The second-order valence-electron chi connectivity index (χ2n) is 3.46. The molecule has 0 aromatic heterocycles. The van der Waals surface area contributed by atoms with Crippen LogP contribution in [0.25, 0.3) is 0 Å². The zero-order valence-electron chi connectivity index (χ0n) is 8.29. The van der Waals surface area contributed by atoms with Crippen molar-refractivity contribution in [3.8, 4) is 0 Å². The van der Waals surface area contributed by atoms with Crippen molar-refractivity contribution in [3.05, 3.63) is 12.2 Å². The number of allylic oxidation sites excluding steroid dienone is 2. The maximum atomic E-state index is 10.9. The Morgan fingerprint density at radius 2 is 2.38 bits per heavy atom. The van der Waals surface area contributed by atoms with Crippen molar-refractivity contribution in [1.29, 1.82) is 0 Å². The Morgan fingerprint density at radius 1 is 1.54 bits per heavy atom. The van der Waals surface area contributed by atoms with Crippen LogP contribution in [0, 0.1) is 0 Å². The van der Waals surface area contributed by atoms with E-state index in [0.717, 1.165) is 32.1 Å². The number of esters is 1. The topological polar surface area (TPSA) is 26.3 Å². The Kier molecular flexibility index (Phi) is 4.58. The minimum Gasteiger partial charge on any atom is -0.462 e. The maximum Gasteiger partial charge on any atom is 0.306 e. The van der Waals surface area contributed by atoms with Crippen LogP contribution < -0.4 is 0 Å². The van der Waals surface area contributed by atoms with E-state index in [0.29, 0.717) is 6.42 Å². The number of hydrogen-bond acceptors (Lipinski definition) is 2. The van der Waals surface area contributed by atoms with E-state index in [9.17, 15) is 4.79 Å². The molecule has 0 bridgehead atoms. The first-order chi connectivity index (χ1) is 6.33. The van der Waals surface area contributed by atoms with Crippen molar-refractivity contribution in [1.82, 2.24) is 0 Å². The molecule has 0 saturated carbocycles. The Bertz CT molecular complexity index is 185. The zero-order chi connectivity index (χ0) is 9.52. The summed E-state index contributed by atoms with van der Waals surface area (Å²) in [7, 11) is 0. The molecule has 1 saturated heterocycles. The Labute approximate surface area is 80.0 Å². The number of carbonyl (C=O) groups is 1. The normalized spacial score (nSPS) is 23.5. The van der Waals surface area contributed by atoms with Gasteiger partial charge in [0.25, 0.3) is 0 Å². The van der Waals surface area contributed by atoms with E-state index in [2.05, 4.69) is 19.1 Å². The molecular formula is C11H18O2. The van der Waals surface area contributed by atoms with Gasteiger partial charge in [0, 0.05) is 6.42 Å². The summed E-state index contributed by atoms with van der Waals surface area (Å²) in [5, 5.41) is 0. The van der Waals surface area contributed by atoms with Crippen LogP contribution in [-0.4, -0.2) is 12.1 Å². The molecule has 1 atom stereocenters. The van der Waals surface area contributed by atoms with Gasteiger partial charge in [-0.3, -0.25) is 4.79 Å². The van der Waals surface area contributed by atoms with Crippen LogP contribution in [0.4, 0.5) is 0 Å². The highest BCUT2D eigenvalue weighted by molar-refractivity contribution is 5.70. The molecule has 0 radical (unpaired) electrons. The van der Waals surface area contributed by atoms with Crippen molar-refractivity contribution >= 4 is 5.97 Å². The van der Waals surface area contributed by atoms with Crippen LogP contribution in [0.3, 0.4) is 0 Å². The Hall–Kier alpha value is -0.790. The second kappa shape index (κ2) is 5.79. The Balaban J connectivity index is 2.13. The van der Waals surface area contributed by atoms with Crippen molar-refractivity contribution < 1.29 is 9.53 Å². The van der Waals surface area contributed by atoms with Crippen molar-refractivity contribution in [2.75, 3.05) is 0 Å². The third-order valence-corrected chi connectivity index (χ3v) is 2.26. The molecule has 0 aromatic carbocycles. The van der Waals surface area contributed by atoms with E-state index in [1.807, 2.05) is 0 Å². The van der Waals surface area contributed by atoms with Gasteiger partial charge in [-0.1, -0.05) is 19.1 Å². The summed E-state index contributed by atoms with van der Waals surface area (Å²) in [5.41, 5.74) is 0. The van der Waals surface area contributed by atoms with Crippen LogP contribution in [0.1, 0.15) is 45.4 Å². The second-order valence-corrected chi connectivity index (χ2v) is 3.46. The standard InChI is InChI=1S/C11H18O2/c1-2-3-4-5-7-10-8-6-9-11(12)13-10/h3-4,10H,2,5-9H2,1H3. The third-order valence-electron chi connectivity index (χ3n) is 2.26. The van der Waals surface area contributed by atoms with Gasteiger partial charge in [-0.2, -0.15) is 0 Å². The van der Waals surface area contributed by atoms with Crippen LogP contribution in [-0.2, 0) is 9.53 Å². The number of ether oxygens (including phenoxy) is 1. The lowest BCUT2D eigenvalue weighted by Crippen LogP contribution is -2.23. The molecule has 0 aliphatic carbocycles. The summed E-state index contributed by atoms with van der Waals surface area (Å²) in [4.78, 5) is 10.9. The minimum atomic E-state index is -0.0179. The van der Waals surface area contributed by atoms with Crippen molar-refractivity contribution in [3.63, 3.8) is 0 Å². The third kappa shape index (κ3) is 4.11. The van der Waals surface area contributed by atoms with Gasteiger partial charge in [0.15, 0.2) is 0 Å². The van der Waals surface area contributed by atoms with E-state index >= 15 is 0 Å². The van der Waals surface area contributed by atoms with Gasteiger partial charge in [0.1, 0.15) is 6.10 Å². The molecule has 2 heteroatoms. The molecule has 1 aliphatic heterocycles. The first-order valence-corrected chi connectivity index (χ1v) is 5.17. The lowest BCUT2D eigenvalue weighted by atomic mass is 10.0. The quantitative estimate of drug-likeness (QED) is 0.493. The molecule has 1 aliphatic rings. The highest BCUT2D eigenvalue weighted by Gasteiger charge is 2.18. The van der Waals surface area contributed by atoms with Gasteiger partial charge in [0.2, 0.25) is 0 Å². The average molecular weight is 182 g/mol. The summed E-state index contributed by atoms with van der Waals surface area (Å²) < 4.78 is 5.19. The minimum absolute atomic E-state index is 0.0179. The van der Waals surface area contributed by atoms with Crippen molar-refractivity contribution in [2.45, 2.75) is 51.6 Å². The van der Waals surface area contributed by atoms with E-state index in [1.54, 1.807) is 0 Å². The first kappa shape index (κ1) is 10.3. The van der Waals surface area contributed by atoms with Crippen LogP contribution in [0.15, 0.2) is 12.2 Å². The Morgan fingerprint density at radius 3 is 3.08 bits per heavy atom. The van der Waals surface area contributed by atoms with Crippen LogP contribution >= 0.6 is 0 Å². The van der Waals surface area contributed by atoms with Crippen LogP contribution in [0.5, 0.6) is 0 Å². The van der Waals surface area contributed by atoms with Gasteiger partial charge < -0.3 is 4.74 Å². The van der Waals surface area contributed by atoms with E-state index < -0.39 is 0 Å². The molecule has 13 heavy (non-hydrogen) atoms. The zero-order valence-corrected chi connectivity index (χ0v) is 8.29. The lowest BCUT2D eigenvalue weighted by molar-refractivity contribution is -0.153. The number of rotatable bonds is 4. The summed E-state index contributed by atoms with van der Waals surface area (Å²) in [6, 6.07) is 0. The maximum absolute atomic E-state index is 10.9. The summed E-state index contributed by atoms with van der Waals surface area (Å²) in [5.74, 6) is -0.0179. The molecule has 0 aromatic rings. The molecular weight excluding hydrogens is 164 g/mol. The molecule has 2 nitrogen and oxygen atoms in total. The van der Waals surface area contributed by atoms with E-state index in [1.165, 1.54) is 0 Å². The first-order valence-electron chi connectivity index (χ1n) is 5.17. The van der Waals surface area contributed by atoms with Gasteiger partial charge >= 0.3 is 5.97 Å². The van der Waals surface area contributed by atoms with E-state index in [-0.39, 0.29) is 12.1 Å². The fourth-order valence-electron chi connectivity index (χ4n) is 1.55. The fourth-order valence-corrected chi connectivity index (χ4v) is 1.55. The smallest absolute Gasteiger partial charge is 0.306 e. The summed E-state index contributed by atoms with van der Waals surface area (Å²) >= 11 is 0. The molecule has 74 valence electrons. The van der Waals surface area contributed by atoms with Gasteiger partial charge in [-0.25, -0.2) is 0 Å². The SMILES string of the molecule is CCC=CCCC1CCCC(=O)O1. The number of cyclic esters (lactones) is 1. The largest absolute Gasteiger partial charge is 0.462 e. The lowest BCUT2D eigenvalue weighted by Gasteiger charge is -2.21. The predicted octanol–water partition coefficient (Wildman–Crippen LogP) is 2.83. The van der Waals surface area contributed by atoms with Crippen LogP contribution in [0.2, 0.25) is 0 Å². The van der Waals surface area contributed by atoms with Gasteiger partial charge in [-0.15, -0.1) is 0 Å². The predicted molar refractivity (Wildman–Crippen MR) is 52.4 cm³/mol. The monoisotopic (exact) mass is 182 g/mol. The highest BCUT2D eigenvalue weighted by atomic mass is 16.5. The fraction of sp³-hybridized carbons (Fsp3) is 0.727. The number of carbonyl (C=O) groups excluding carboxylic acids is 1. The summed E-state index contributed by atoms with van der Waals surface area (Å²) in [6.07, 6.45) is 10.3. The van der Waals surface area contributed by atoms with Crippen molar-refractivity contribution in [2.24, 2.45) is 0 Å². The molecule has 0 N–H and O–H groups in total. The molecule has 1 unspecified atom stereocenters. The molecule has 1 fully saturated rings. The average Bonchev–Trinajstić information content (AvgIpc) is 2.13. The number of hydrogen-bond donors (Lipinski definition) is 0. The molecule has 1 heterocycles. The van der Waals surface area contributed by atoms with Gasteiger partial charge in [0.05, 0.1) is 0 Å². The summed E-state index contributed by atoms with van der Waals surface area (Å²) in [6.45, 7) is 2.12. The molecule has 0 amide bonds. The highest BCUT2D eigenvalue weighted by Crippen LogP contribution is 2.18.